The van der Waals surface area contributed by atoms with Gasteiger partial charge < -0.3 is 4.40 Å². The Morgan fingerprint density at radius 1 is 1.18 bits per heavy atom. The third kappa shape index (κ3) is 2.21. The summed E-state index contributed by atoms with van der Waals surface area (Å²) >= 11 is 0. The number of hydrogen-bond donors (Lipinski definition) is 0. The van der Waals surface area contributed by atoms with Gasteiger partial charge in [0.05, 0.1) is 15.8 Å². The molecule has 3 heterocycles. The summed E-state index contributed by atoms with van der Waals surface area (Å²) in [5.74, 6) is 0. The second-order valence-electron chi connectivity index (χ2n) is 6.26. The van der Waals surface area contributed by atoms with Gasteiger partial charge in [-0.3, -0.25) is 4.68 Å². The van der Waals surface area contributed by atoms with Crippen LogP contribution in [0.15, 0.2) is 41.9 Å². The molecule has 0 aliphatic heterocycles. The minimum Gasteiger partial charge on any atom is -0.306 e. The zero-order valence-electron chi connectivity index (χ0n) is 13.0. The highest BCUT2D eigenvalue weighted by Crippen LogP contribution is 2.34. The van der Waals surface area contributed by atoms with E-state index in [0.717, 1.165) is 5.56 Å². The second kappa shape index (κ2) is 4.67. The largest absolute Gasteiger partial charge is 0.306 e. The average molecular weight is 318 g/mol. The summed E-state index contributed by atoms with van der Waals surface area (Å²) in [6, 6.07) is 1.79. The Morgan fingerprint density at radius 3 is 2.50 bits per heavy atom. The van der Waals surface area contributed by atoms with Gasteiger partial charge in [0.25, 0.3) is 0 Å². The molecular formula is C15H18N4O2S. The molecule has 0 N–H and O–H groups in total. The maximum absolute atomic E-state index is 13.0. The highest BCUT2D eigenvalue weighted by molar-refractivity contribution is 7.92. The van der Waals surface area contributed by atoms with Gasteiger partial charge in [-0.15, -0.1) is 0 Å². The first-order chi connectivity index (χ1) is 10.2. The van der Waals surface area contributed by atoms with Gasteiger partial charge in [0.1, 0.15) is 5.65 Å². The monoisotopic (exact) mass is 318 g/mol. The van der Waals surface area contributed by atoms with E-state index in [2.05, 4.69) is 10.1 Å². The first kappa shape index (κ1) is 14.8. The minimum absolute atomic E-state index is 0.290. The van der Waals surface area contributed by atoms with E-state index in [1.807, 2.05) is 0 Å². The van der Waals surface area contributed by atoms with E-state index < -0.39 is 14.6 Å². The lowest BCUT2D eigenvalue weighted by Crippen LogP contribution is -2.28. The number of sulfone groups is 1. The van der Waals surface area contributed by atoms with Crippen LogP contribution >= 0.6 is 0 Å². The van der Waals surface area contributed by atoms with Crippen LogP contribution in [-0.4, -0.2) is 32.3 Å². The zero-order valence-corrected chi connectivity index (χ0v) is 13.8. The predicted octanol–water partition coefficient (Wildman–Crippen LogP) is 2.31. The molecule has 0 aromatic carbocycles. The van der Waals surface area contributed by atoms with Crippen molar-refractivity contribution in [2.45, 2.75) is 30.4 Å². The number of fused-ring (bicyclic) bond motifs is 1. The van der Waals surface area contributed by atoms with Gasteiger partial charge in [0.2, 0.25) is 0 Å². The van der Waals surface area contributed by atoms with Crippen molar-refractivity contribution >= 4 is 15.5 Å². The molecule has 0 aliphatic carbocycles. The molecule has 3 rings (SSSR count). The van der Waals surface area contributed by atoms with E-state index in [4.69, 9.17) is 0 Å². The molecule has 0 saturated carbocycles. The van der Waals surface area contributed by atoms with Crippen LogP contribution in [0.4, 0.5) is 0 Å². The van der Waals surface area contributed by atoms with Crippen LogP contribution in [0.25, 0.3) is 16.8 Å². The fourth-order valence-corrected chi connectivity index (χ4v) is 3.65. The average Bonchev–Trinajstić information content (AvgIpc) is 3.03. The van der Waals surface area contributed by atoms with Gasteiger partial charge in [0, 0.05) is 43.0 Å². The number of rotatable bonds is 2. The molecule has 0 atom stereocenters. The predicted molar refractivity (Wildman–Crippen MR) is 84.3 cm³/mol. The van der Waals surface area contributed by atoms with Gasteiger partial charge >= 0.3 is 0 Å². The topological polar surface area (TPSA) is 69.3 Å². The molecule has 6 nitrogen and oxygen atoms in total. The van der Waals surface area contributed by atoms with Crippen molar-refractivity contribution in [1.29, 1.82) is 0 Å². The van der Waals surface area contributed by atoms with Crippen molar-refractivity contribution in [2.75, 3.05) is 0 Å². The van der Waals surface area contributed by atoms with Crippen molar-refractivity contribution in [3.05, 3.63) is 37.1 Å². The molecule has 0 unspecified atom stereocenters. The summed E-state index contributed by atoms with van der Waals surface area (Å²) < 4.78 is 28.4. The number of aryl methyl sites for hydroxylation is 1. The Labute approximate surface area is 129 Å². The van der Waals surface area contributed by atoms with Gasteiger partial charge in [-0.2, -0.15) is 5.10 Å². The molecule has 0 spiro atoms. The minimum atomic E-state index is -3.50. The highest BCUT2D eigenvalue weighted by atomic mass is 32.2. The lowest BCUT2D eigenvalue weighted by molar-refractivity contribution is 0.560. The summed E-state index contributed by atoms with van der Waals surface area (Å²) in [6.45, 7) is 5.11. The Hall–Kier alpha value is -2.15. The fraction of sp³-hybridized carbons (Fsp3) is 0.333. The van der Waals surface area contributed by atoms with Gasteiger partial charge in [-0.1, -0.05) is 0 Å². The molecule has 0 amide bonds. The summed E-state index contributed by atoms with van der Waals surface area (Å²) in [6.07, 6.45) is 8.48. The lowest BCUT2D eigenvalue weighted by Gasteiger charge is -2.21. The summed E-state index contributed by atoms with van der Waals surface area (Å²) in [5.41, 5.74) is 2.09. The van der Waals surface area contributed by atoms with E-state index in [-0.39, 0.29) is 0 Å². The molecule has 3 aromatic heterocycles. The smallest absolute Gasteiger partial charge is 0.185 e. The Kier molecular flexibility index (Phi) is 3.14. The van der Waals surface area contributed by atoms with Crippen molar-refractivity contribution < 1.29 is 8.42 Å². The molecule has 22 heavy (non-hydrogen) atoms. The molecule has 0 bridgehead atoms. The standard InChI is InChI=1S/C15H18N4O2S/c1-15(2,3)22(20,21)13-10-19-6-5-16-14(19)7-12(13)11-8-17-18(4)9-11/h5-10H,1-4H3. The zero-order chi connectivity index (χ0) is 16.1. The normalized spacial score (nSPS) is 12.9. The summed E-state index contributed by atoms with van der Waals surface area (Å²) in [4.78, 5) is 4.53. The molecule has 3 aromatic rings. The van der Waals surface area contributed by atoms with Crippen LogP contribution in [-0.2, 0) is 16.9 Å². The van der Waals surface area contributed by atoms with E-state index >= 15 is 0 Å². The van der Waals surface area contributed by atoms with E-state index in [9.17, 15) is 8.42 Å². The highest BCUT2D eigenvalue weighted by Gasteiger charge is 2.33. The SMILES string of the molecule is Cn1cc(-c2cc3nccn3cc2S(=O)(=O)C(C)(C)C)cn1. The van der Waals surface area contributed by atoms with Crippen LogP contribution in [0, 0.1) is 0 Å². The first-order valence-corrected chi connectivity index (χ1v) is 8.39. The van der Waals surface area contributed by atoms with Crippen LogP contribution < -0.4 is 0 Å². The fourth-order valence-electron chi connectivity index (χ4n) is 2.27. The molecule has 0 radical (unpaired) electrons. The quantitative estimate of drug-likeness (QED) is 0.727. The number of pyridine rings is 1. The number of imidazole rings is 1. The van der Waals surface area contributed by atoms with Gasteiger partial charge in [-0.05, 0) is 26.8 Å². The van der Waals surface area contributed by atoms with Gasteiger partial charge in [-0.25, -0.2) is 13.4 Å². The van der Waals surface area contributed by atoms with Crippen molar-refractivity contribution in [2.24, 2.45) is 7.05 Å². The Morgan fingerprint density at radius 2 is 1.91 bits per heavy atom. The Bertz CT molecular complexity index is 945. The molecule has 0 saturated heterocycles. The third-order valence-electron chi connectivity index (χ3n) is 3.61. The molecule has 116 valence electrons. The molecule has 0 fully saturated rings. The van der Waals surface area contributed by atoms with Crippen molar-refractivity contribution in [1.82, 2.24) is 19.2 Å². The third-order valence-corrected chi connectivity index (χ3v) is 6.12. The molecule has 7 heteroatoms. The second-order valence-corrected chi connectivity index (χ2v) is 8.93. The van der Waals surface area contributed by atoms with Crippen molar-refractivity contribution in [3.8, 4) is 11.1 Å². The first-order valence-electron chi connectivity index (χ1n) is 6.90. The van der Waals surface area contributed by atoms with Crippen LogP contribution in [0.5, 0.6) is 0 Å². The van der Waals surface area contributed by atoms with E-state index in [0.29, 0.717) is 16.1 Å². The van der Waals surface area contributed by atoms with Crippen molar-refractivity contribution in [3.63, 3.8) is 0 Å². The number of aromatic nitrogens is 4. The van der Waals surface area contributed by atoms with E-state index in [1.165, 1.54) is 0 Å². The van der Waals surface area contributed by atoms with Gasteiger partial charge in [0.15, 0.2) is 9.84 Å². The summed E-state index contributed by atoms with van der Waals surface area (Å²) in [7, 11) is -1.70. The Balaban J connectivity index is 2.37. The summed E-state index contributed by atoms with van der Waals surface area (Å²) in [5, 5.41) is 4.14. The molecular weight excluding hydrogens is 300 g/mol. The maximum Gasteiger partial charge on any atom is 0.185 e. The maximum atomic E-state index is 13.0. The van der Waals surface area contributed by atoms with Crippen LogP contribution in [0.2, 0.25) is 0 Å². The number of nitrogens with zero attached hydrogens (tertiary/aromatic N) is 4. The van der Waals surface area contributed by atoms with E-state index in [1.54, 1.807) is 74.0 Å². The lowest BCUT2D eigenvalue weighted by atomic mass is 10.1. The molecule has 0 aliphatic rings. The van der Waals surface area contributed by atoms with Crippen LogP contribution in [0.1, 0.15) is 20.8 Å². The number of hydrogen-bond acceptors (Lipinski definition) is 4. The van der Waals surface area contributed by atoms with Crippen LogP contribution in [0.3, 0.4) is 0 Å².